The van der Waals surface area contributed by atoms with Gasteiger partial charge in [0.25, 0.3) is 5.91 Å². The molecular weight excluding hydrogens is 320 g/mol. The molecule has 0 N–H and O–H groups in total. The minimum atomic E-state index is -0.0832. The molecule has 0 saturated carbocycles. The van der Waals surface area contributed by atoms with E-state index < -0.39 is 0 Å². The fourth-order valence-electron chi connectivity index (χ4n) is 2.55. The summed E-state index contributed by atoms with van der Waals surface area (Å²) in [4.78, 5) is 15.4. The lowest BCUT2D eigenvalue weighted by Gasteiger charge is -2.14. The summed E-state index contributed by atoms with van der Waals surface area (Å²) in [6, 6.07) is 9.11. The predicted octanol–water partition coefficient (Wildman–Crippen LogP) is 1.85. The second kappa shape index (κ2) is 7.25. The van der Waals surface area contributed by atoms with E-state index in [1.807, 2.05) is 32.0 Å². The summed E-state index contributed by atoms with van der Waals surface area (Å²) in [5.74, 6) is 1.16. The fraction of sp³-hybridized carbons (Fsp3) is 0.353. The Hall–Kier alpha value is -3.03. The average Bonchev–Trinajstić information content (AvgIpc) is 3.22. The molecule has 0 aliphatic rings. The molecule has 1 aromatic carbocycles. The third-order valence-corrected chi connectivity index (χ3v) is 3.94. The molecule has 0 fully saturated rings. The normalized spacial score (nSPS) is 10.8. The van der Waals surface area contributed by atoms with Gasteiger partial charge in [-0.3, -0.25) is 4.79 Å². The summed E-state index contributed by atoms with van der Waals surface area (Å²) in [5.41, 5.74) is 2.50. The predicted molar refractivity (Wildman–Crippen MR) is 89.8 cm³/mol. The van der Waals surface area contributed by atoms with E-state index >= 15 is 0 Å². The number of hydrogen-bond donors (Lipinski definition) is 0. The summed E-state index contributed by atoms with van der Waals surface area (Å²) in [7, 11) is 1.72. The maximum absolute atomic E-state index is 12.4. The Bertz CT molecular complexity index is 855. The topological polar surface area (TPSA) is 89.9 Å². The second-order valence-corrected chi connectivity index (χ2v) is 5.78. The lowest BCUT2D eigenvalue weighted by molar-refractivity contribution is 0.0781. The van der Waals surface area contributed by atoms with Crippen molar-refractivity contribution in [2.45, 2.75) is 33.4 Å². The summed E-state index contributed by atoms with van der Waals surface area (Å²) >= 11 is 0. The highest BCUT2D eigenvalue weighted by Crippen LogP contribution is 2.14. The lowest BCUT2D eigenvalue weighted by Crippen LogP contribution is -2.26. The van der Waals surface area contributed by atoms with E-state index in [0.29, 0.717) is 17.9 Å². The summed E-state index contributed by atoms with van der Waals surface area (Å²) in [5, 5.41) is 16.5. The lowest BCUT2D eigenvalue weighted by atomic mass is 10.1. The first-order valence-electron chi connectivity index (χ1n) is 8.09. The first-order valence-corrected chi connectivity index (χ1v) is 8.09. The molecule has 0 unspecified atom stereocenters. The molecule has 0 radical (unpaired) electrons. The van der Waals surface area contributed by atoms with Gasteiger partial charge >= 0.3 is 0 Å². The molecule has 8 heteroatoms. The average molecular weight is 340 g/mol. The Morgan fingerprint density at radius 2 is 2.04 bits per heavy atom. The Morgan fingerprint density at radius 3 is 2.76 bits per heavy atom. The van der Waals surface area contributed by atoms with Crippen molar-refractivity contribution in [3.05, 3.63) is 58.7 Å². The molecule has 0 atom stereocenters. The minimum Gasteiger partial charge on any atom is -0.361 e. The van der Waals surface area contributed by atoms with Gasteiger partial charge in [-0.15, -0.1) is 10.2 Å². The van der Waals surface area contributed by atoms with Crippen LogP contribution in [-0.4, -0.2) is 43.2 Å². The maximum atomic E-state index is 12.4. The van der Waals surface area contributed by atoms with E-state index in [-0.39, 0.29) is 12.5 Å². The van der Waals surface area contributed by atoms with Crippen molar-refractivity contribution >= 4 is 5.91 Å². The number of aromatic nitrogens is 5. The molecule has 3 aromatic rings. The molecule has 0 aliphatic carbocycles. The highest BCUT2D eigenvalue weighted by molar-refractivity contribution is 5.93. The first kappa shape index (κ1) is 16.8. The third-order valence-electron chi connectivity index (χ3n) is 3.94. The standard InChI is InChI=1S/C17H20N6O2/c1-4-15-14(12(2)25-20-15)10-23-19-16(18-21-23)11-22(3)17(24)13-8-6-5-7-9-13/h5-9H,4,10-11H2,1-3H3. The van der Waals surface area contributed by atoms with Gasteiger partial charge in [-0.1, -0.05) is 30.3 Å². The van der Waals surface area contributed by atoms with Crippen LogP contribution in [0.25, 0.3) is 0 Å². The highest BCUT2D eigenvalue weighted by atomic mass is 16.5. The van der Waals surface area contributed by atoms with Gasteiger partial charge in [0, 0.05) is 18.2 Å². The number of benzene rings is 1. The zero-order valence-electron chi connectivity index (χ0n) is 14.5. The largest absolute Gasteiger partial charge is 0.361 e. The Labute approximate surface area is 145 Å². The van der Waals surface area contributed by atoms with Crippen LogP contribution in [0.1, 0.15) is 40.1 Å². The van der Waals surface area contributed by atoms with Crippen molar-refractivity contribution in [3.8, 4) is 0 Å². The van der Waals surface area contributed by atoms with Gasteiger partial charge in [0.15, 0.2) is 5.82 Å². The fourth-order valence-corrected chi connectivity index (χ4v) is 2.55. The van der Waals surface area contributed by atoms with E-state index in [1.165, 1.54) is 4.80 Å². The number of aryl methyl sites for hydroxylation is 2. The molecule has 8 nitrogen and oxygen atoms in total. The second-order valence-electron chi connectivity index (χ2n) is 5.78. The minimum absolute atomic E-state index is 0.0832. The number of carbonyl (C=O) groups is 1. The van der Waals surface area contributed by atoms with Crippen LogP contribution < -0.4 is 0 Å². The number of tetrazole rings is 1. The Kier molecular flexibility index (Phi) is 4.87. The molecule has 0 spiro atoms. The van der Waals surface area contributed by atoms with Gasteiger partial charge in [-0.25, -0.2) is 0 Å². The van der Waals surface area contributed by atoms with Gasteiger partial charge in [0.1, 0.15) is 5.76 Å². The zero-order chi connectivity index (χ0) is 17.8. The molecule has 0 bridgehead atoms. The van der Waals surface area contributed by atoms with Gasteiger partial charge in [-0.2, -0.15) is 4.80 Å². The SMILES string of the molecule is CCc1noc(C)c1Cn1nnc(CN(C)C(=O)c2ccccc2)n1. The van der Waals surface area contributed by atoms with Crippen LogP contribution in [0.2, 0.25) is 0 Å². The van der Waals surface area contributed by atoms with E-state index in [4.69, 9.17) is 4.52 Å². The summed E-state index contributed by atoms with van der Waals surface area (Å²) in [6.07, 6.45) is 0.780. The zero-order valence-corrected chi connectivity index (χ0v) is 14.5. The molecular formula is C17H20N6O2. The van der Waals surface area contributed by atoms with Crippen LogP contribution in [-0.2, 0) is 19.5 Å². The molecule has 2 aromatic heterocycles. The van der Waals surface area contributed by atoms with Gasteiger partial charge in [0.05, 0.1) is 18.8 Å². The van der Waals surface area contributed by atoms with Gasteiger partial charge in [-0.05, 0) is 30.7 Å². The van der Waals surface area contributed by atoms with E-state index in [1.54, 1.807) is 24.1 Å². The van der Waals surface area contributed by atoms with Crippen LogP contribution in [0.15, 0.2) is 34.9 Å². The molecule has 0 saturated heterocycles. The molecule has 25 heavy (non-hydrogen) atoms. The van der Waals surface area contributed by atoms with Crippen molar-refractivity contribution in [2.24, 2.45) is 0 Å². The van der Waals surface area contributed by atoms with Crippen molar-refractivity contribution in [2.75, 3.05) is 7.05 Å². The number of carbonyl (C=O) groups excluding carboxylic acids is 1. The number of rotatable bonds is 6. The Balaban J connectivity index is 1.67. The van der Waals surface area contributed by atoms with Crippen LogP contribution >= 0.6 is 0 Å². The highest BCUT2D eigenvalue weighted by Gasteiger charge is 2.16. The van der Waals surface area contributed by atoms with Gasteiger partial charge in [0.2, 0.25) is 0 Å². The number of amides is 1. The van der Waals surface area contributed by atoms with E-state index in [2.05, 4.69) is 20.6 Å². The third kappa shape index (κ3) is 3.73. The summed E-state index contributed by atoms with van der Waals surface area (Å²) in [6.45, 7) is 4.62. The quantitative estimate of drug-likeness (QED) is 0.680. The van der Waals surface area contributed by atoms with Crippen molar-refractivity contribution < 1.29 is 9.32 Å². The van der Waals surface area contributed by atoms with Crippen molar-refractivity contribution in [1.82, 2.24) is 30.3 Å². The monoisotopic (exact) mass is 340 g/mol. The molecule has 2 heterocycles. The summed E-state index contributed by atoms with van der Waals surface area (Å²) < 4.78 is 5.22. The number of nitrogens with zero attached hydrogens (tertiary/aromatic N) is 6. The van der Waals surface area contributed by atoms with Crippen molar-refractivity contribution in [1.29, 1.82) is 0 Å². The molecule has 0 aliphatic heterocycles. The molecule has 3 rings (SSSR count). The van der Waals surface area contributed by atoms with Crippen molar-refractivity contribution in [3.63, 3.8) is 0 Å². The number of hydrogen-bond acceptors (Lipinski definition) is 6. The van der Waals surface area contributed by atoms with Gasteiger partial charge < -0.3 is 9.42 Å². The molecule has 130 valence electrons. The van der Waals surface area contributed by atoms with Crippen LogP contribution in [0.3, 0.4) is 0 Å². The van der Waals surface area contributed by atoms with Crippen LogP contribution in [0.4, 0.5) is 0 Å². The maximum Gasteiger partial charge on any atom is 0.254 e. The van der Waals surface area contributed by atoms with E-state index in [0.717, 1.165) is 23.4 Å². The molecule has 1 amide bonds. The van der Waals surface area contributed by atoms with Crippen LogP contribution in [0, 0.1) is 6.92 Å². The smallest absolute Gasteiger partial charge is 0.254 e. The van der Waals surface area contributed by atoms with E-state index in [9.17, 15) is 4.79 Å². The first-order chi connectivity index (χ1) is 12.1. The van der Waals surface area contributed by atoms with Crippen LogP contribution in [0.5, 0.6) is 0 Å². The Morgan fingerprint density at radius 1 is 1.28 bits per heavy atom.